The number of piperazine rings is 1. The Labute approximate surface area is 167 Å². The van der Waals surface area contributed by atoms with Crippen molar-refractivity contribution in [2.24, 2.45) is 4.99 Å². The fraction of sp³-hybridized carbons (Fsp3) is 0.750. The standard InChI is InChI=1S/C16H30N6S.HI/c1-12(22-8-6-21(5)7-9-22)10-18-16(17-4)19-11-15-13(2)20-14(3)23-15;/h12H,6-11H2,1-5H3,(H2,17,18,19);1H. The fourth-order valence-corrected chi connectivity index (χ4v) is 3.64. The molecule has 1 aliphatic heterocycles. The van der Waals surface area contributed by atoms with Crippen LogP contribution in [0.4, 0.5) is 0 Å². The molecule has 8 heteroatoms. The number of aliphatic imine (C=N–C) groups is 1. The lowest BCUT2D eigenvalue weighted by atomic mass is 10.2. The first kappa shape index (κ1) is 21.6. The third kappa shape index (κ3) is 6.45. The summed E-state index contributed by atoms with van der Waals surface area (Å²) in [6.07, 6.45) is 0. The minimum Gasteiger partial charge on any atom is -0.355 e. The number of hydrogen-bond acceptors (Lipinski definition) is 5. The Morgan fingerprint density at radius 1 is 1.25 bits per heavy atom. The van der Waals surface area contributed by atoms with Gasteiger partial charge in [-0.3, -0.25) is 9.89 Å². The maximum Gasteiger partial charge on any atom is 0.191 e. The predicted octanol–water partition coefficient (Wildman–Crippen LogP) is 1.68. The molecule has 1 atom stereocenters. The SMILES string of the molecule is CN=C(NCc1sc(C)nc1C)NCC(C)N1CCN(C)CC1.I. The first-order valence-electron chi connectivity index (χ1n) is 8.29. The van der Waals surface area contributed by atoms with Crippen LogP contribution in [0.1, 0.15) is 22.5 Å². The monoisotopic (exact) mass is 466 g/mol. The summed E-state index contributed by atoms with van der Waals surface area (Å²) in [4.78, 5) is 15.0. The number of aromatic nitrogens is 1. The molecule has 1 fully saturated rings. The first-order chi connectivity index (χ1) is 11.0. The maximum atomic E-state index is 4.46. The highest BCUT2D eigenvalue weighted by Crippen LogP contribution is 2.16. The first-order valence-corrected chi connectivity index (χ1v) is 9.11. The van der Waals surface area contributed by atoms with Gasteiger partial charge < -0.3 is 15.5 Å². The zero-order valence-corrected chi connectivity index (χ0v) is 18.6. The van der Waals surface area contributed by atoms with E-state index in [9.17, 15) is 0 Å². The van der Waals surface area contributed by atoms with Crippen molar-refractivity contribution in [3.63, 3.8) is 0 Å². The lowest BCUT2D eigenvalue weighted by Crippen LogP contribution is -2.52. The van der Waals surface area contributed by atoms with Gasteiger partial charge in [-0.15, -0.1) is 35.3 Å². The second-order valence-corrected chi connectivity index (χ2v) is 7.52. The molecule has 6 nitrogen and oxygen atoms in total. The van der Waals surface area contributed by atoms with Gasteiger partial charge in [0.15, 0.2) is 5.96 Å². The van der Waals surface area contributed by atoms with Crippen molar-refractivity contribution in [2.45, 2.75) is 33.4 Å². The second-order valence-electron chi connectivity index (χ2n) is 6.24. The molecule has 2 N–H and O–H groups in total. The van der Waals surface area contributed by atoms with Crippen LogP contribution in [0.25, 0.3) is 0 Å². The third-order valence-electron chi connectivity index (χ3n) is 4.37. The summed E-state index contributed by atoms with van der Waals surface area (Å²) in [5, 5.41) is 7.95. The molecule has 0 aromatic carbocycles. The number of rotatable bonds is 5. The van der Waals surface area contributed by atoms with E-state index in [0.29, 0.717) is 6.04 Å². The van der Waals surface area contributed by atoms with E-state index >= 15 is 0 Å². The van der Waals surface area contributed by atoms with Gasteiger partial charge in [-0.2, -0.15) is 0 Å². The van der Waals surface area contributed by atoms with Crippen LogP contribution in [-0.4, -0.2) is 73.6 Å². The maximum absolute atomic E-state index is 4.46. The van der Waals surface area contributed by atoms with Crippen LogP contribution in [0.3, 0.4) is 0 Å². The van der Waals surface area contributed by atoms with Crippen LogP contribution in [0.2, 0.25) is 0 Å². The average molecular weight is 466 g/mol. The van der Waals surface area contributed by atoms with E-state index in [1.165, 1.54) is 4.88 Å². The molecule has 1 aromatic rings. The zero-order valence-electron chi connectivity index (χ0n) is 15.4. The lowest BCUT2D eigenvalue weighted by Gasteiger charge is -2.36. The fourth-order valence-electron chi connectivity index (χ4n) is 2.76. The van der Waals surface area contributed by atoms with Crippen molar-refractivity contribution in [1.29, 1.82) is 0 Å². The smallest absolute Gasteiger partial charge is 0.191 e. The van der Waals surface area contributed by atoms with E-state index in [-0.39, 0.29) is 24.0 Å². The quantitative estimate of drug-likeness (QED) is 0.393. The zero-order chi connectivity index (χ0) is 16.8. The van der Waals surface area contributed by atoms with Crippen LogP contribution in [-0.2, 0) is 6.54 Å². The van der Waals surface area contributed by atoms with Crippen molar-refractivity contribution in [1.82, 2.24) is 25.4 Å². The summed E-state index contributed by atoms with van der Waals surface area (Å²) >= 11 is 1.74. The molecule has 0 amide bonds. The van der Waals surface area contributed by atoms with Gasteiger partial charge in [0.05, 0.1) is 17.2 Å². The topological polar surface area (TPSA) is 55.8 Å². The molecule has 1 unspecified atom stereocenters. The van der Waals surface area contributed by atoms with Gasteiger partial charge in [-0.05, 0) is 27.8 Å². The van der Waals surface area contributed by atoms with Gasteiger partial charge in [0.1, 0.15) is 0 Å². The van der Waals surface area contributed by atoms with Crippen molar-refractivity contribution < 1.29 is 0 Å². The number of aryl methyl sites for hydroxylation is 2. The van der Waals surface area contributed by atoms with E-state index in [1.54, 1.807) is 11.3 Å². The van der Waals surface area contributed by atoms with Gasteiger partial charge in [0, 0.05) is 50.7 Å². The second kappa shape index (κ2) is 10.5. The van der Waals surface area contributed by atoms with Crippen molar-refractivity contribution in [2.75, 3.05) is 46.8 Å². The number of hydrogen-bond donors (Lipinski definition) is 2. The third-order valence-corrected chi connectivity index (χ3v) is 5.44. The van der Waals surface area contributed by atoms with E-state index < -0.39 is 0 Å². The average Bonchev–Trinajstić information content (AvgIpc) is 2.85. The molecule has 0 spiro atoms. The van der Waals surface area contributed by atoms with Crippen LogP contribution in [0.5, 0.6) is 0 Å². The van der Waals surface area contributed by atoms with Crippen LogP contribution < -0.4 is 10.6 Å². The molecule has 2 rings (SSSR count). The van der Waals surface area contributed by atoms with Gasteiger partial charge in [0.25, 0.3) is 0 Å². The predicted molar refractivity (Wildman–Crippen MR) is 114 cm³/mol. The van der Waals surface area contributed by atoms with Crippen LogP contribution in [0, 0.1) is 13.8 Å². The lowest BCUT2D eigenvalue weighted by molar-refractivity contribution is 0.120. The Morgan fingerprint density at radius 3 is 2.46 bits per heavy atom. The van der Waals surface area contributed by atoms with Crippen molar-refractivity contribution in [3.05, 3.63) is 15.6 Å². The van der Waals surface area contributed by atoms with E-state index in [2.05, 4.69) is 51.3 Å². The summed E-state index contributed by atoms with van der Waals surface area (Å²) in [5.74, 6) is 0.858. The molecule has 0 saturated carbocycles. The Balaban J connectivity index is 0.00000288. The molecular formula is C16H31IN6S. The molecule has 24 heavy (non-hydrogen) atoms. The molecule has 2 heterocycles. The number of likely N-dealkylation sites (N-methyl/N-ethyl adjacent to an activating group) is 1. The molecule has 0 bridgehead atoms. The van der Waals surface area contributed by atoms with Crippen molar-refractivity contribution >= 4 is 41.3 Å². The molecular weight excluding hydrogens is 435 g/mol. The minimum absolute atomic E-state index is 0. The highest BCUT2D eigenvalue weighted by atomic mass is 127. The van der Waals surface area contributed by atoms with Crippen LogP contribution in [0.15, 0.2) is 4.99 Å². The summed E-state index contributed by atoms with van der Waals surface area (Å²) in [6, 6.07) is 0.509. The number of thiazole rings is 1. The molecule has 1 aliphatic rings. The normalized spacial score (nSPS) is 18.1. The van der Waals surface area contributed by atoms with Gasteiger partial charge in [-0.1, -0.05) is 0 Å². The van der Waals surface area contributed by atoms with Crippen LogP contribution >= 0.6 is 35.3 Å². The highest BCUT2D eigenvalue weighted by molar-refractivity contribution is 14.0. The summed E-state index contributed by atoms with van der Waals surface area (Å²) in [6.45, 7) is 12.7. The Bertz CT molecular complexity index is 525. The summed E-state index contributed by atoms with van der Waals surface area (Å²) in [5.41, 5.74) is 1.11. The minimum atomic E-state index is 0. The van der Waals surface area contributed by atoms with E-state index in [1.807, 2.05) is 14.0 Å². The van der Waals surface area contributed by atoms with Gasteiger partial charge in [0.2, 0.25) is 0 Å². The molecule has 0 aliphatic carbocycles. The Kier molecular flexibility index (Phi) is 9.47. The van der Waals surface area contributed by atoms with E-state index in [4.69, 9.17) is 0 Å². The molecule has 138 valence electrons. The van der Waals surface area contributed by atoms with Gasteiger partial charge in [-0.25, -0.2) is 4.98 Å². The largest absolute Gasteiger partial charge is 0.355 e. The number of nitrogens with zero attached hydrogens (tertiary/aromatic N) is 4. The molecule has 1 aromatic heterocycles. The number of nitrogens with one attached hydrogen (secondary N) is 2. The van der Waals surface area contributed by atoms with Gasteiger partial charge >= 0.3 is 0 Å². The molecule has 0 radical (unpaired) electrons. The highest BCUT2D eigenvalue weighted by Gasteiger charge is 2.19. The Morgan fingerprint density at radius 2 is 1.92 bits per heavy atom. The van der Waals surface area contributed by atoms with Crippen molar-refractivity contribution in [3.8, 4) is 0 Å². The van der Waals surface area contributed by atoms with E-state index in [0.717, 1.165) is 55.9 Å². The Hall–Kier alpha value is -0.450. The molecule has 1 saturated heterocycles. The summed E-state index contributed by atoms with van der Waals surface area (Å²) < 4.78 is 0. The number of guanidine groups is 1. The summed E-state index contributed by atoms with van der Waals surface area (Å²) in [7, 11) is 4.01. The number of halogens is 1.